The van der Waals surface area contributed by atoms with Crippen molar-refractivity contribution < 1.29 is 19.4 Å². The molecule has 1 amide bonds. The Balaban J connectivity index is 2.24. The van der Waals surface area contributed by atoms with Gasteiger partial charge in [-0.15, -0.1) is 0 Å². The number of nitrogens with one attached hydrogen (secondary N) is 1. The Labute approximate surface area is 116 Å². The van der Waals surface area contributed by atoms with Crippen LogP contribution >= 0.6 is 0 Å². The molecule has 2 N–H and O–H groups in total. The smallest absolute Gasteiger partial charge is 0.329 e. The van der Waals surface area contributed by atoms with Crippen molar-refractivity contribution >= 4 is 11.9 Å². The van der Waals surface area contributed by atoms with Gasteiger partial charge < -0.3 is 15.2 Å². The minimum atomic E-state index is -1.26. The molecule has 108 valence electrons. The standard InChI is InChI=1S/C13H17N3O4/c1-8-7-10(9(2)16-15-8)11(17)14-13(12(18)19)3-5-20-6-4-13/h7H,3-6H2,1-2H3,(H,14,17)(H,18,19). The fraction of sp³-hybridized carbons (Fsp3) is 0.538. The largest absolute Gasteiger partial charge is 0.480 e. The number of ether oxygens (including phenoxy) is 1. The Bertz CT molecular complexity index is 538. The second kappa shape index (κ2) is 5.54. The molecule has 0 spiro atoms. The average molecular weight is 279 g/mol. The van der Waals surface area contributed by atoms with Gasteiger partial charge in [0.2, 0.25) is 0 Å². The summed E-state index contributed by atoms with van der Waals surface area (Å²) in [4.78, 5) is 23.8. The number of carboxylic acids is 1. The minimum absolute atomic E-state index is 0.255. The molecule has 0 atom stereocenters. The zero-order valence-electron chi connectivity index (χ0n) is 11.5. The average Bonchev–Trinajstić information content (AvgIpc) is 2.42. The molecule has 20 heavy (non-hydrogen) atoms. The molecule has 0 saturated carbocycles. The van der Waals surface area contributed by atoms with E-state index < -0.39 is 17.4 Å². The number of amides is 1. The molecule has 7 nitrogen and oxygen atoms in total. The third-order valence-electron chi connectivity index (χ3n) is 3.45. The van der Waals surface area contributed by atoms with Crippen LogP contribution in [0.2, 0.25) is 0 Å². The number of carbonyl (C=O) groups is 2. The number of nitrogens with zero attached hydrogens (tertiary/aromatic N) is 2. The Morgan fingerprint density at radius 2 is 1.95 bits per heavy atom. The molecular formula is C13H17N3O4. The number of aliphatic carboxylic acids is 1. The van der Waals surface area contributed by atoms with Gasteiger partial charge in [-0.2, -0.15) is 10.2 Å². The highest BCUT2D eigenvalue weighted by Crippen LogP contribution is 2.22. The molecule has 1 saturated heterocycles. The molecule has 1 aromatic heterocycles. The van der Waals surface area contributed by atoms with Crippen molar-refractivity contribution in [1.82, 2.24) is 15.5 Å². The molecule has 2 rings (SSSR count). The quantitative estimate of drug-likeness (QED) is 0.833. The predicted octanol–water partition coefficient (Wildman–Crippen LogP) is 0.457. The molecule has 0 unspecified atom stereocenters. The fourth-order valence-corrected chi connectivity index (χ4v) is 2.18. The second-order valence-electron chi connectivity index (χ2n) is 4.94. The molecule has 1 aromatic rings. The first-order chi connectivity index (χ1) is 9.44. The highest BCUT2D eigenvalue weighted by Gasteiger charge is 2.42. The van der Waals surface area contributed by atoms with E-state index in [0.29, 0.717) is 30.2 Å². The molecule has 0 aliphatic carbocycles. The van der Waals surface area contributed by atoms with Gasteiger partial charge in [0, 0.05) is 26.1 Å². The van der Waals surface area contributed by atoms with Gasteiger partial charge in [-0.05, 0) is 19.9 Å². The zero-order valence-corrected chi connectivity index (χ0v) is 11.5. The Hall–Kier alpha value is -2.02. The summed E-state index contributed by atoms with van der Waals surface area (Å²) in [6.07, 6.45) is 0.509. The van der Waals surface area contributed by atoms with Gasteiger partial charge in [0.25, 0.3) is 5.91 Å². The number of carboxylic acid groups (broad SMARTS) is 1. The normalized spacial score (nSPS) is 17.5. The number of aryl methyl sites for hydroxylation is 2. The van der Waals surface area contributed by atoms with E-state index in [2.05, 4.69) is 15.5 Å². The van der Waals surface area contributed by atoms with Crippen LogP contribution in [0, 0.1) is 13.8 Å². The molecule has 1 aliphatic rings. The lowest BCUT2D eigenvalue weighted by Crippen LogP contribution is -2.57. The summed E-state index contributed by atoms with van der Waals surface area (Å²) in [5.41, 5.74) is 0.168. The van der Waals surface area contributed by atoms with Gasteiger partial charge in [0.05, 0.1) is 17.0 Å². The van der Waals surface area contributed by atoms with Gasteiger partial charge in [-0.1, -0.05) is 0 Å². The van der Waals surface area contributed by atoms with Gasteiger partial charge >= 0.3 is 5.97 Å². The zero-order chi connectivity index (χ0) is 14.8. The number of hydrogen-bond donors (Lipinski definition) is 2. The third kappa shape index (κ3) is 2.77. The Kier molecular flexibility index (Phi) is 3.99. The van der Waals surface area contributed by atoms with Crippen LogP contribution in [0.25, 0.3) is 0 Å². The molecule has 2 heterocycles. The summed E-state index contributed by atoms with van der Waals surface area (Å²) in [5.74, 6) is -1.48. The van der Waals surface area contributed by atoms with Crippen LogP contribution < -0.4 is 5.32 Å². The van der Waals surface area contributed by atoms with E-state index in [1.54, 1.807) is 19.9 Å². The monoisotopic (exact) mass is 279 g/mol. The Morgan fingerprint density at radius 1 is 1.30 bits per heavy atom. The highest BCUT2D eigenvalue weighted by molar-refractivity contribution is 5.98. The van der Waals surface area contributed by atoms with Gasteiger partial charge in [0.1, 0.15) is 5.54 Å². The van der Waals surface area contributed by atoms with Crippen molar-refractivity contribution in [2.45, 2.75) is 32.2 Å². The maximum atomic E-state index is 12.3. The maximum Gasteiger partial charge on any atom is 0.329 e. The lowest BCUT2D eigenvalue weighted by molar-refractivity contribution is -0.148. The van der Waals surface area contributed by atoms with Crippen LogP contribution in [-0.2, 0) is 9.53 Å². The number of hydrogen-bond acceptors (Lipinski definition) is 5. The van der Waals surface area contributed by atoms with E-state index in [1.165, 1.54) is 0 Å². The highest BCUT2D eigenvalue weighted by atomic mass is 16.5. The van der Waals surface area contributed by atoms with Crippen molar-refractivity contribution in [1.29, 1.82) is 0 Å². The van der Waals surface area contributed by atoms with Gasteiger partial charge in [-0.3, -0.25) is 4.79 Å². The number of aromatic nitrogens is 2. The molecule has 0 radical (unpaired) electrons. The fourth-order valence-electron chi connectivity index (χ4n) is 2.18. The van der Waals surface area contributed by atoms with Crippen LogP contribution in [0.1, 0.15) is 34.6 Å². The first kappa shape index (κ1) is 14.4. The van der Waals surface area contributed by atoms with Gasteiger partial charge in [-0.25, -0.2) is 4.79 Å². The lowest BCUT2D eigenvalue weighted by Gasteiger charge is -2.33. The van der Waals surface area contributed by atoms with Crippen molar-refractivity contribution in [3.8, 4) is 0 Å². The maximum absolute atomic E-state index is 12.3. The van der Waals surface area contributed by atoms with Crippen LogP contribution in [0.15, 0.2) is 6.07 Å². The summed E-state index contributed by atoms with van der Waals surface area (Å²) in [7, 11) is 0. The molecule has 1 aliphatic heterocycles. The van der Waals surface area contributed by atoms with Crippen LogP contribution in [0.4, 0.5) is 0 Å². The van der Waals surface area contributed by atoms with E-state index in [0.717, 1.165) is 0 Å². The minimum Gasteiger partial charge on any atom is -0.480 e. The van der Waals surface area contributed by atoms with Crippen molar-refractivity contribution in [2.24, 2.45) is 0 Å². The molecule has 0 bridgehead atoms. The third-order valence-corrected chi connectivity index (χ3v) is 3.45. The topological polar surface area (TPSA) is 101 Å². The first-order valence-corrected chi connectivity index (χ1v) is 6.39. The van der Waals surface area contributed by atoms with Crippen LogP contribution in [0.3, 0.4) is 0 Å². The number of carbonyl (C=O) groups excluding carboxylic acids is 1. The molecule has 7 heteroatoms. The molecule has 0 aromatic carbocycles. The predicted molar refractivity (Wildman–Crippen MR) is 69.4 cm³/mol. The van der Waals surface area contributed by atoms with E-state index in [4.69, 9.17) is 4.74 Å². The van der Waals surface area contributed by atoms with E-state index >= 15 is 0 Å². The number of rotatable bonds is 3. The van der Waals surface area contributed by atoms with Crippen molar-refractivity contribution in [3.63, 3.8) is 0 Å². The summed E-state index contributed by atoms with van der Waals surface area (Å²) < 4.78 is 5.17. The van der Waals surface area contributed by atoms with E-state index in [-0.39, 0.29) is 12.8 Å². The van der Waals surface area contributed by atoms with E-state index in [1.807, 2.05) is 0 Å². The lowest BCUT2D eigenvalue weighted by atomic mass is 9.89. The first-order valence-electron chi connectivity index (χ1n) is 6.39. The molecular weight excluding hydrogens is 262 g/mol. The summed E-state index contributed by atoms with van der Waals surface area (Å²) in [6.45, 7) is 4.03. The van der Waals surface area contributed by atoms with Crippen LogP contribution in [0.5, 0.6) is 0 Å². The van der Waals surface area contributed by atoms with Crippen LogP contribution in [-0.4, -0.2) is 45.9 Å². The SMILES string of the molecule is Cc1cc(C(=O)NC2(C(=O)O)CCOCC2)c(C)nn1. The van der Waals surface area contributed by atoms with Crippen molar-refractivity contribution in [2.75, 3.05) is 13.2 Å². The van der Waals surface area contributed by atoms with Crippen molar-refractivity contribution in [3.05, 3.63) is 23.0 Å². The summed E-state index contributed by atoms with van der Waals surface area (Å²) in [6, 6.07) is 1.60. The Morgan fingerprint density at radius 3 is 2.55 bits per heavy atom. The van der Waals surface area contributed by atoms with E-state index in [9.17, 15) is 14.7 Å². The summed E-state index contributed by atoms with van der Waals surface area (Å²) in [5, 5.41) is 19.8. The van der Waals surface area contributed by atoms with Gasteiger partial charge in [0.15, 0.2) is 0 Å². The summed E-state index contributed by atoms with van der Waals surface area (Å²) >= 11 is 0. The molecule has 1 fully saturated rings. The second-order valence-corrected chi connectivity index (χ2v) is 4.94.